The molecule has 0 radical (unpaired) electrons. The maximum Gasteiger partial charge on any atom is 0.279 e. The van der Waals surface area contributed by atoms with Gasteiger partial charge in [0.25, 0.3) is 5.91 Å². The lowest BCUT2D eigenvalue weighted by atomic mass is 10.2. The minimum atomic E-state index is 0.0745. The van der Waals surface area contributed by atoms with Crippen LogP contribution in [0, 0.1) is 0 Å². The summed E-state index contributed by atoms with van der Waals surface area (Å²) in [7, 11) is 1.69. The van der Waals surface area contributed by atoms with Crippen LogP contribution in [0.5, 0.6) is 5.75 Å². The van der Waals surface area contributed by atoms with E-state index in [-0.39, 0.29) is 5.91 Å². The lowest BCUT2D eigenvalue weighted by Crippen LogP contribution is -3.28. The Morgan fingerprint density at radius 3 is 2.35 bits per heavy atom. The van der Waals surface area contributed by atoms with Gasteiger partial charge in [0.2, 0.25) is 0 Å². The molecule has 0 bridgehead atoms. The standard InChI is InChI=1S/C20H24BrN3O2/c1-26-17-8-6-16(7-9-17)14-23-10-12-24(13-11-23)15-20(25)22-19-5-3-2-4-18(19)21/h2-9H,10-15H2,1H3,(H,22,25)/p+2. The van der Waals surface area contributed by atoms with E-state index in [0.29, 0.717) is 6.54 Å². The summed E-state index contributed by atoms with van der Waals surface area (Å²) in [6, 6.07) is 16.0. The molecular formula is C20H26BrN3O2+2. The van der Waals surface area contributed by atoms with Crippen LogP contribution in [0.3, 0.4) is 0 Å². The van der Waals surface area contributed by atoms with E-state index in [1.54, 1.807) is 12.0 Å². The molecule has 2 aromatic rings. The van der Waals surface area contributed by atoms with Crippen LogP contribution in [0.25, 0.3) is 0 Å². The Kier molecular flexibility index (Phi) is 6.66. The number of hydrogen-bond donors (Lipinski definition) is 3. The van der Waals surface area contributed by atoms with E-state index in [1.807, 2.05) is 36.4 Å². The molecule has 2 aromatic carbocycles. The van der Waals surface area contributed by atoms with Crippen LogP contribution in [0.15, 0.2) is 53.0 Å². The molecule has 0 unspecified atom stereocenters. The van der Waals surface area contributed by atoms with E-state index < -0.39 is 0 Å². The van der Waals surface area contributed by atoms with Gasteiger partial charge in [-0.2, -0.15) is 0 Å². The van der Waals surface area contributed by atoms with Crippen molar-refractivity contribution < 1.29 is 19.3 Å². The van der Waals surface area contributed by atoms with Crippen LogP contribution in [0.4, 0.5) is 5.69 Å². The van der Waals surface area contributed by atoms with Gasteiger partial charge in [-0.1, -0.05) is 12.1 Å². The first-order valence-electron chi connectivity index (χ1n) is 8.98. The van der Waals surface area contributed by atoms with E-state index in [4.69, 9.17) is 4.74 Å². The Balaban J connectivity index is 1.43. The average Bonchev–Trinajstić information content (AvgIpc) is 2.66. The number of ether oxygens (including phenoxy) is 1. The summed E-state index contributed by atoms with van der Waals surface area (Å²) in [5, 5.41) is 2.99. The molecule has 0 aromatic heterocycles. The molecule has 1 aliphatic rings. The van der Waals surface area contributed by atoms with Gasteiger partial charge in [-0.3, -0.25) is 4.79 Å². The normalized spacial score (nSPS) is 19.8. The van der Waals surface area contributed by atoms with E-state index in [0.717, 1.165) is 48.6 Å². The molecule has 1 heterocycles. The van der Waals surface area contributed by atoms with E-state index in [2.05, 4.69) is 33.4 Å². The summed E-state index contributed by atoms with van der Waals surface area (Å²) in [5.74, 6) is 0.972. The second-order valence-electron chi connectivity index (χ2n) is 6.73. The van der Waals surface area contributed by atoms with Gasteiger partial charge in [0.15, 0.2) is 6.54 Å². The van der Waals surface area contributed by atoms with Gasteiger partial charge in [-0.25, -0.2) is 0 Å². The Morgan fingerprint density at radius 1 is 1.04 bits per heavy atom. The Labute approximate surface area is 163 Å². The van der Waals surface area contributed by atoms with E-state index in [9.17, 15) is 4.79 Å². The summed E-state index contributed by atoms with van der Waals surface area (Å²) in [6.07, 6.45) is 0. The molecule has 6 heteroatoms. The zero-order valence-electron chi connectivity index (χ0n) is 15.1. The fourth-order valence-corrected chi connectivity index (χ4v) is 3.71. The topological polar surface area (TPSA) is 47.2 Å². The van der Waals surface area contributed by atoms with Crippen molar-refractivity contribution >= 4 is 27.5 Å². The third-order valence-corrected chi connectivity index (χ3v) is 5.53. The summed E-state index contributed by atoms with van der Waals surface area (Å²) in [5.41, 5.74) is 2.16. The van der Waals surface area contributed by atoms with Crippen molar-refractivity contribution in [3.05, 3.63) is 58.6 Å². The first-order chi connectivity index (χ1) is 12.6. The Bertz CT molecular complexity index is 728. The van der Waals surface area contributed by atoms with Crippen molar-refractivity contribution in [3.8, 4) is 5.75 Å². The van der Waals surface area contributed by atoms with Crippen LogP contribution < -0.4 is 19.9 Å². The quantitative estimate of drug-likeness (QED) is 0.633. The van der Waals surface area contributed by atoms with Crippen LogP contribution in [0.1, 0.15) is 5.56 Å². The van der Waals surface area contributed by atoms with Gasteiger partial charge in [-0.15, -0.1) is 0 Å². The Morgan fingerprint density at radius 2 is 1.69 bits per heavy atom. The number of nitrogens with one attached hydrogen (secondary N) is 3. The first-order valence-corrected chi connectivity index (χ1v) is 9.78. The third kappa shape index (κ3) is 5.30. The molecule has 1 aliphatic heterocycles. The Hall–Kier alpha value is -1.89. The SMILES string of the molecule is COc1ccc(C[NH+]2CC[NH+](CC(=O)Nc3ccccc3Br)CC2)cc1. The van der Waals surface area contributed by atoms with Crippen molar-refractivity contribution in [3.63, 3.8) is 0 Å². The van der Waals surface area contributed by atoms with Crippen molar-refractivity contribution in [1.82, 2.24) is 0 Å². The molecular weight excluding hydrogens is 394 g/mol. The molecule has 1 saturated heterocycles. The number of piperazine rings is 1. The number of carbonyl (C=O) groups is 1. The number of halogens is 1. The number of para-hydroxylation sites is 1. The van der Waals surface area contributed by atoms with E-state index >= 15 is 0 Å². The molecule has 0 aliphatic carbocycles. The minimum Gasteiger partial charge on any atom is -0.497 e. The molecule has 26 heavy (non-hydrogen) atoms. The average molecular weight is 420 g/mol. The summed E-state index contributed by atoms with van der Waals surface area (Å²) < 4.78 is 6.12. The molecule has 3 rings (SSSR count). The molecule has 0 spiro atoms. The second-order valence-corrected chi connectivity index (χ2v) is 7.58. The maximum absolute atomic E-state index is 12.3. The molecule has 138 valence electrons. The number of benzene rings is 2. The maximum atomic E-state index is 12.3. The van der Waals surface area contributed by atoms with Crippen molar-refractivity contribution in [2.75, 3.05) is 45.2 Å². The zero-order valence-corrected chi connectivity index (χ0v) is 16.6. The van der Waals surface area contributed by atoms with E-state index in [1.165, 1.54) is 10.5 Å². The number of anilines is 1. The van der Waals surface area contributed by atoms with Gasteiger partial charge in [0.1, 0.15) is 38.5 Å². The minimum absolute atomic E-state index is 0.0745. The van der Waals surface area contributed by atoms with Gasteiger partial charge in [0.05, 0.1) is 12.8 Å². The third-order valence-electron chi connectivity index (χ3n) is 4.84. The van der Waals surface area contributed by atoms with Crippen molar-refractivity contribution in [2.45, 2.75) is 6.54 Å². The van der Waals surface area contributed by atoms with Crippen molar-refractivity contribution in [2.24, 2.45) is 0 Å². The van der Waals surface area contributed by atoms with Crippen LogP contribution in [0.2, 0.25) is 0 Å². The van der Waals surface area contributed by atoms with Gasteiger partial charge in [-0.05, 0) is 52.3 Å². The van der Waals surface area contributed by atoms with Crippen LogP contribution in [-0.4, -0.2) is 45.7 Å². The van der Waals surface area contributed by atoms with Gasteiger partial charge >= 0.3 is 0 Å². The number of quaternary nitrogens is 2. The fraction of sp³-hybridized carbons (Fsp3) is 0.350. The molecule has 3 N–H and O–H groups in total. The molecule has 1 fully saturated rings. The highest BCUT2D eigenvalue weighted by Gasteiger charge is 2.25. The number of hydrogen-bond acceptors (Lipinski definition) is 2. The highest BCUT2D eigenvalue weighted by Crippen LogP contribution is 2.20. The summed E-state index contributed by atoms with van der Waals surface area (Å²) in [6.45, 7) is 5.77. The predicted octanol–water partition coefficient (Wildman–Crippen LogP) is 0.380. The highest BCUT2D eigenvalue weighted by molar-refractivity contribution is 9.10. The molecule has 0 saturated carbocycles. The summed E-state index contributed by atoms with van der Waals surface area (Å²) >= 11 is 3.47. The fourth-order valence-electron chi connectivity index (χ4n) is 3.33. The monoisotopic (exact) mass is 419 g/mol. The van der Waals surface area contributed by atoms with Crippen LogP contribution >= 0.6 is 15.9 Å². The zero-order chi connectivity index (χ0) is 18.4. The summed E-state index contributed by atoms with van der Waals surface area (Å²) in [4.78, 5) is 15.2. The molecule has 1 amide bonds. The lowest BCUT2D eigenvalue weighted by Gasteiger charge is -2.29. The largest absolute Gasteiger partial charge is 0.497 e. The van der Waals surface area contributed by atoms with Crippen molar-refractivity contribution in [1.29, 1.82) is 0 Å². The smallest absolute Gasteiger partial charge is 0.279 e. The second kappa shape index (κ2) is 9.16. The molecule has 0 atom stereocenters. The van der Waals surface area contributed by atoms with Gasteiger partial charge in [0, 0.05) is 10.0 Å². The van der Waals surface area contributed by atoms with Crippen LogP contribution in [-0.2, 0) is 11.3 Å². The number of methoxy groups -OCH3 is 1. The number of rotatable bonds is 6. The lowest BCUT2D eigenvalue weighted by molar-refractivity contribution is -1.02. The highest BCUT2D eigenvalue weighted by atomic mass is 79.9. The predicted molar refractivity (Wildman–Crippen MR) is 106 cm³/mol. The molecule has 5 nitrogen and oxygen atoms in total. The first kappa shape index (κ1) is 18.9. The van der Waals surface area contributed by atoms with Gasteiger partial charge < -0.3 is 19.9 Å². The number of carbonyl (C=O) groups excluding carboxylic acids is 1. The number of amides is 1.